The number of alkyl halides is 6. The van der Waals surface area contributed by atoms with Gasteiger partial charge in [-0.15, -0.1) is 0 Å². The summed E-state index contributed by atoms with van der Waals surface area (Å²) < 4.78 is 84.5. The summed E-state index contributed by atoms with van der Waals surface area (Å²) in [5.74, 6) is 0. The van der Waals surface area contributed by atoms with E-state index in [9.17, 15) is 26.3 Å². The molecule has 0 N–H and O–H groups in total. The van der Waals surface area contributed by atoms with Gasteiger partial charge in [0.25, 0.3) is 0 Å². The number of hydrogen-bond acceptors (Lipinski definition) is 2. The van der Waals surface area contributed by atoms with Gasteiger partial charge in [-0.2, -0.15) is 26.3 Å². The molecular weight excluding hydrogens is 432 g/mol. The van der Waals surface area contributed by atoms with Gasteiger partial charge >= 0.3 is 12.4 Å². The van der Waals surface area contributed by atoms with Crippen molar-refractivity contribution in [2.45, 2.75) is 57.1 Å². The van der Waals surface area contributed by atoms with Gasteiger partial charge in [0.15, 0.2) is 0 Å². The summed E-state index contributed by atoms with van der Waals surface area (Å²) in [6.45, 7) is 5.83. The van der Waals surface area contributed by atoms with E-state index >= 15 is 0 Å². The molecule has 1 fully saturated rings. The highest BCUT2D eigenvalue weighted by molar-refractivity contribution is 5.33. The van der Waals surface area contributed by atoms with E-state index in [1.54, 1.807) is 0 Å². The van der Waals surface area contributed by atoms with E-state index in [4.69, 9.17) is 4.74 Å². The number of hydrogen-bond donors (Lipinski definition) is 0. The molecule has 32 heavy (non-hydrogen) atoms. The molecule has 2 aromatic rings. The smallest absolute Gasteiger partial charge is 0.376 e. The summed E-state index contributed by atoms with van der Waals surface area (Å²) in [5.41, 5.74) is -2.05. The Morgan fingerprint density at radius 2 is 1.41 bits per heavy atom. The van der Waals surface area contributed by atoms with Crippen molar-refractivity contribution >= 4 is 0 Å². The van der Waals surface area contributed by atoms with Gasteiger partial charge in [-0.05, 0) is 69.1 Å². The maximum atomic E-state index is 13.1. The topological polar surface area (TPSA) is 12.5 Å². The molecule has 1 saturated heterocycles. The molecular formula is C24H27F6NO. The Morgan fingerprint density at radius 3 is 1.88 bits per heavy atom. The molecule has 1 aliphatic heterocycles. The summed E-state index contributed by atoms with van der Waals surface area (Å²) in [5, 5.41) is 0. The minimum Gasteiger partial charge on any atom is -0.376 e. The van der Waals surface area contributed by atoms with E-state index in [0.717, 1.165) is 43.6 Å². The lowest BCUT2D eigenvalue weighted by molar-refractivity contribution is -0.143. The zero-order valence-electron chi connectivity index (χ0n) is 18.1. The summed E-state index contributed by atoms with van der Waals surface area (Å²) in [6, 6.07) is 11.7. The molecule has 1 heterocycles. The van der Waals surface area contributed by atoms with Crippen LogP contribution in [0.2, 0.25) is 0 Å². The van der Waals surface area contributed by atoms with Crippen molar-refractivity contribution in [3.8, 4) is 0 Å². The van der Waals surface area contributed by atoms with E-state index < -0.39 is 23.5 Å². The minimum absolute atomic E-state index is 0.136. The van der Waals surface area contributed by atoms with E-state index in [0.29, 0.717) is 6.04 Å². The molecule has 2 nitrogen and oxygen atoms in total. The van der Waals surface area contributed by atoms with Gasteiger partial charge in [0, 0.05) is 11.5 Å². The first-order valence-corrected chi connectivity index (χ1v) is 10.6. The predicted octanol–water partition coefficient (Wildman–Crippen LogP) is 6.68. The summed E-state index contributed by atoms with van der Waals surface area (Å²) in [7, 11) is 0. The monoisotopic (exact) mass is 459 g/mol. The maximum absolute atomic E-state index is 13.1. The number of likely N-dealkylation sites (tertiary alicyclic amines) is 1. The van der Waals surface area contributed by atoms with E-state index in [2.05, 4.69) is 18.7 Å². The van der Waals surface area contributed by atoms with E-state index in [-0.39, 0.29) is 30.3 Å². The number of rotatable bonds is 6. The molecule has 8 heteroatoms. The molecule has 0 atom stereocenters. The van der Waals surface area contributed by atoms with Gasteiger partial charge in [0.05, 0.1) is 24.3 Å². The summed E-state index contributed by atoms with van der Waals surface area (Å²) >= 11 is 0. The molecule has 3 rings (SSSR count). The first kappa shape index (κ1) is 24.6. The highest BCUT2D eigenvalue weighted by Gasteiger charge is 2.38. The van der Waals surface area contributed by atoms with Gasteiger partial charge in [-0.1, -0.05) is 30.3 Å². The van der Waals surface area contributed by atoms with Crippen molar-refractivity contribution in [1.29, 1.82) is 0 Å². The first-order valence-electron chi connectivity index (χ1n) is 10.6. The van der Waals surface area contributed by atoms with Crippen LogP contribution in [0, 0.1) is 0 Å². The van der Waals surface area contributed by atoms with Crippen LogP contribution >= 0.6 is 0 Å². The van der Waals surface area contributed by atoms with Gasteiger partial charge in [-0.3, -0.25) is 0 Å². The Hall–Kier alpha value is -2.06. The fourth-order valence-electron chi connectivity index (χ4n) is 4.24. The SMILES string of the molecule is CC(C)N1CCC(COCc2cc(C(F)(F)F)cc(C(F)(F)F)c2)(c2ccccc2)CC1. The third-order valence-corrected chi connectivity index (χ3v) is 6.17. The quantitative estimate of drug-likeness (QED) is 0.447. The Labute approximate surface area is 184 Å². The normalized spacial score (nSPS) is 17.7. The second-order valence-corrected chi connectivity index (χ2v) is 8.68. The second kappa shape index (κ2) is 9.43. The van der Waals surface area contributed by atoms with Crippen LogP contribution in [0.1, 0.15) is 48.9 Å². The van der Waals surface area contributed by atoms with Crippen molar-refractivity contribution in [3.05, 3.63) is 70.8 Å². The molecule has 0 saturated carbocycles. The Bertz CT molecular complexity index is 851. The predicted molar refractivity (Wildman–Crippen MR) is 110 cm³/mol. The molecule has 0 aromatic heterocycles. The van der Waals surface area contributed by atoms with Crippen LogP contribution in [0.25, 0.3) is 0 Å². The van der Waals surface area contributed by atoms with Gasteiger partial charge in [-0.25, -0.2) is 0 Å². The van der Waals surface area contributed by atoms with Crippen LogP contribution in [0.5, 0.6) is 0 Å². The number of ether oxygens (including phenoxy) is 1. The van der Waals surface area contributed by atoms with Crippen LogP contribution in [0.15, 0.2) is 48.5 Å². The molecule has 2 aromatic carbocycles. The second-order valence-electron chi connectivity index (χ2n) is 8.68. The number of halogens is 6. The van der Waals surface area contributed by atoms with Gasteiger partial charge in [0.1, 0.15) is 0 Å². The third kappa shape index (κ3) is 5.84. The average molecular weight is 459 g/mol. The zero-order valence-corrected chi connectivity index (χ0v) is 18.1. The third-order valence-electron chi connectivity index (χ3n) is 6.17. The largest absolute Gasteiger partial charge is 0.416 e. The molecule has 0 aliphatic carbocycles. The molecule has 0 unspecified atom stereocenters. The van der Waals surface area contributed by atoms with Crippen molar-refractivity contribution in [2.24, 2.45) is 0 Å². The van der Waals surface area contributed by atoms with Gasteiger partial charge < -0.3 is 9.64 Å². The minimum atomic E-state index is -4.87. The number of piperidine rings is 1. The molecule has 0 amide bonds. The average Bonchev–Trinajstić information content (AvgIpc) is 2.73. The number of nitrogens with zero attached hydrogens (tertiary/aromatic N) is 1. The summed E-state index contributed by atoms with van der Waals surface area (Å²) in [4.78, 5) is 2.35. The highest BCUT2D eigenvalue weighted by atomic mass is 19.4. The van der Waals surface area contributed by atoms with E-state index in [1.165, 1.54) is 0 Å². The molecule has 1 aliphatic rings. The fraction of sp³-hybridized carbons (Fsp3) is 0.500. The fourth-order valence-corrected chi connectivity index (χ4v) is 4.24. The van der Waals surface area contributed by atoms with Crippen LogP contribution in [-0.4, -0.2) is 30.6 Å². The Balaban J connectivity index is 1.79. The van der Waals surface area contributed by atoms with Crippen LogP contribution in [0.3, 0.4) is 0 Å². The lowest BCUT2D eigenvalue weighted by Crippen LogP contribution is -2.47. The highest BCUT2D eigenvalue weighted by Crippen LogP contribution is 2.38. The molecule has 176 valence electrons. The zero-order chi connectivity index (χ0) is 23.6. The van der Waals surface area contributed by atoms with Crippen molar-refractivity contribution in [1.82, 2.24) is 4.90 Å². The standard InChI is InChI=1S/C24H27F6NO/c1-17(2)31-10-8-22(9-11-31,19-6-4-3-5-7-19)16-32-15-18-12-20(23(25,26)27)14-21(13-18)24(28,29)30/h3-7,12-14,17H,8-11,15-16H2,1-2H3. The van der Waals surface area contributed by atoms with Crippen LogP contribution < -0.4 is 0 Å². The lowest BCUT2D eigenvalue weighted by Gasteiger charge is -2.43. The van der Waals surface area contributed by atoms with E-state index in [1.807, 2.05) is 30.3 Å². The molecule has 0 radical (unpaired) electrons. The first-order chi connectivity index (χ1) is 14.9. The van der Waals surface area contributed by atoms with Crippen molar-refractivity contribution in [2.75, 3.05) is 19.7 Å². The summed E-state index contributed by atoms with van der Waals surface area (Å²) in [6.07, 6.45) is -8.15. The van der Waals surface area contributed by atoms with Crippen molar-refractivity contribution in [3.63, 3.8) is 0 Å². The van der Waals surface area contributed by atoms with Crippen LogP contribution in [0.4, 0.5) is 26.3 Å². The van der Waals surface area contributed by atoms with Crippen LogP contribution in [-0.2, 0) is 29.1 Å². The molecule has 0 bridgehead atoms. The number of benzene rings is 2. The van der Waals surface area contributed by atoms with Gasteiger partial charge in [0.2, 0.25) is 0 Å². The Morgan fingerprint density at radius 1 is 0.875 bits per heavy atom. The maximum Gasteiger partial charge on any atom is 0.416 e. The lowest BCUT2D eigenvalue weighted by atomic mass is 9.73. The Kier molecular flexibility index (Phi) is 7.25. The van der Waals surface area contributed by atoms with Crippen molar-refractivity contribution < 1.29 is 31.1 Å². The molecule has 0 spiro atoms.